The lowest BCUT2D eigenvalue weighted by atomic mass is 10.1. The van der Waals surface area contributed by atoms with E-state index in [2.05, 4.69) is 15.6 Å². The third-order valence-electron chi connectivity index (χ3n) is 3.28. The summed E-state index contributed by atoms with van der Waals surface area (Å²) in [4.78, 5) is 16.1. The number of morpholine rings is 1. The Morgan fingerprint density at radius 3 is 2.81 bits per heavy atom. The van der Waals surface area contributed by atoms with Crippen molar-refractivity contribution in [3.63, 3.8) is 0 Å². The summed E-state index contributed by atoms with van der Waals surface area (Å²) in [5, 5.41) is 5.97. The van der Waals surface area contributed by atoms with Crippen LogP contribution in [-0.4, -0.2) is 36.7 Å². The van der Waals surface area contributed by atoms with Crippen molar-refractivity contribution in [3.05, 3.63) is 36.4 Å². The maximum atomic E-state index is 12.0. The van der Waals surface area contributed by atoms with E-state index in [9.17, 15) is 4.79 Å². The fourth-order valence-electron chi connectivity index (χ4n) is 2.17. The number of benzene rings is 1. The number of aryl methyl sites for hydroxylation is 1. The standard InChI is InChI=1S/C15H17N3O3/c1-10-17-9-13(21-10)11-2-4-12(5-3-11)18-15(19)14-8-16-6-7-20-14/h2-5,9,14,16H,6-8H2,1H3,(H,18,19). The molecule has 1 atom stereocenters. The minimum absolute atomic E-state index is 0.134. The van der Waals surface area contributed by atoms with Gasteiger partial charge in [0.2, 0.25) is 0 Å². The van der Waals surface area contributed by atoms with E-state index in [1.165, 1.54) is 0 Å². The molecule has 0 saturated carbocycles. The zero-order valence-corrected chi connectivity index (χ0v) is 11.8. The van der Waals surface area contributed by atoms with Gasteiger partial charge in [0.25, 0.3) is 5.91 Å². The third kappa shape index (κ3) is 3.29. The monoisotopic (exact) mass is 287 g/mol. The van der Waals surface area contributed by atoms with Crippen LogP contribution in [0, 0.1) is 6.92 Å². The van der Waals surface area contributed by atoms with Gasteiger partial charge in [0.05, 0.1) is 12.8 Å². The molecule has 6 heteroatoms. The summed E-state index contributed by atoms with van der Waals surface area (Å²) in [6, 6.07) is 7.44. The number of ether oxygens (including phenoxy) is 1. The van der Waals surface area contributed by atoms with E-state index in [1.54, 1.807) is 13.1 Å². The maximum Gasteiger partial charge on any atom is 0.254 e. The first kappa shape index (κ1) is 13.8. The summed E-state index contributed by atoms with van der Waals surface area (Å²) >= 11 is 0. The van der Waals surface area contributed by atoms with Crippen molar-refractivity contribution in [2.24, 2.45) is 0 Å². The lowest BCUT2D eigenvalue weighted by Crippen LogP contribution is -2.45. The summed E-state index contributed by atoms with van der Waals surface area (Å²) in [5.74, 6) is 1.21. The number of carbonyl (C=O) groups excluding carboxylic acids is 1. The van der Waals surface area contributed by atoms with Gasteiger partial charge in [-0.05, 0) is 24.3 Å². The number of hydrogen-bond donors (Lipinski definition) is 2. The van der Waals surface area contributed by atoms with E-state index in [0.717, 1.165) is 17.8 Å². The van der Waals surface area contributed by atoms with Crippen LogP contribution in [0.3, 0.4) is 0 Å². The topological polar surface area (TPSA) is 76.4 Å². The van der Waals surface area contributed by atoms with E-state index in [4.69, 9.17) is 9.15 Å². The molecule has 1 aliphatic rings. The van der Waals surface area contributed by atoms with Crippen LogP contribution < -0.4 is 10.6 Å². The zero-order valence-electron chi connectivity index (χ0n) is 11.8. The molecule has 2 heterocycles. The number of carbonyl (C=O) groups is 1. The molecule has 3 rings (SSSR count). The van der Waals surface area contributed by atoms with Crippen molar-refractivity contribution in [1.29, 1.82) is 0 Å². The summed E-state index contributed by atoms with van der Waals surface area (Å²) in [7, 11) is 0. The fourth-order valence-corrected chi connectivity index (χ4v) is 2.17. The minimum Gasteiger partial charge on any atom is -0.441 e. The number of aromatic nitrogens is 1. The van der Waals surface area contributed by atoms with Crippen molar-refractivity contribution in [3.8, 4) is 11.3 Å². The average Bonchev–Trinajstić information content (AvgIpc) is 2.95. The fraction of sp³-hybridized carbons (Fsp3) is 0.333. The summed E-state index contributed by atoms with van der Waals surface area (Å²) in [6.45, 7) is 3.69. The highest BCUT2D eigenvalue weighted by Gasteiger charge is 2.21. The first-order valence-electron chi connectivity index (χ1n) is 6.88. The normalized spacial score (nSPS) is 18.4. The summed E-state index contributed by atoms with van der Waals surface area (Å²) in [5.41, 5.74) is 1.65. The van der Waals surface area contributed by atoms with Crippen LogP contribution in [0.4, 0.5) is 5.69 Å². The Kier molecular flexibility index (Phi) is 3.98. The molecule has 1 fully saturated rings. The second-order valence-electron chi connectivity index (χ2n) is 4.87. The van der Waals surface area contributed by atoms with Crippen molar-refractivity contribution >= 4 is 11.6 Å². The van der Waals surface area contributed by atoms with Crippen LogP contribution in [-0.2, 0) is 9.53 Å². The number of anilines is 1. The zero-order chi connectivity index (χ0) is 14.7. The second kappa shape index (κ2) is 6.07. The largest absolute Gasteiger partial charge is 0.441 e. The van der Waals surface area contributed by atoms with Gasteiger partial charge in [-0.3, -0.25) is 4.79 Å². The molecule has 1 saturated heterocycles. The van der Waals surface area contributed by atoms with Crippen LogP contribution in [0.25, 0.3) is 11.3 Å². The molecule has 110 valence electrons. The SMILES string of the molecule is Cc1ncc(-c2ccc(NC(=O)C3CNCCO3)cc2)o1. The Bertz CT molecular complexity index is 615. The molecule has 0 bridgehead atoms. The van der Waals surface area contributed by atoms with Crippen molar-refractivity contribution in [1.82, 2.24) is 10.3 Å². The number of nitrogens with one attached hydrogen (secondary N) is 2. The minimum atomic E-state index is -0.435. The molecular weight excluding hydrogens is 270 g/mol. The highest BCUT2D eigenvalue weighted by molar-refractivity contribution is 5.94. The molecule has 1 aliphatic heterocycles. The number of rotatable bonds is 3. The van der Waals surface area contributed by atoms with Gasteiger partial charge >= 0.3 is 0 Å². The number of nitrogens with zero attached hydrogens (tertiary/aromatic N) is 1. The van der Waals surface area contributed by atoms with Gasteiger partial charge in [-0.15, -0.1) is 0 Å². The Labute approximate surface area is 122 Å². The smallest absolute Gasteiger partial charge is 0.254 e. The van der Waals surface area contributed by atoms with Gasteiger partial charge in [0.1, 0.15) is 6.10 Å². The molecule has 0 radical (unpaired) electrons. The number of oxazole rings is 1. The second-order valence-corrected chi connectivity index (χ2v) is 4.87. The lowest BCUT2D eigenvalue weighted by Gasteiger charge is -2.22. The Balaban J connectivity index is 1.65. The molecule has 1 aromatic carbocycles. The van der Waals surface area contributed by atoms with Crippen LogP contribution in [0.2, 0.25) is 0 Å². The van der Waals surface area contributed by atoms with E-state index in [-0.39, 0.29) is 5.91 Å². The molecule has 1 aromatic heterocycles. The van der Waals surface area contributed by atoms with Crippen LogP contribution >= 0.6 is 0 Å². The summed E-state index contributed by atoms with van der Waals surface area (Å²) in [6.07, 6.45) is 1.25. The Hall–Kier alpha value is -2.18. The molecule has 1 unspecified atom stereocenters. The van der Waals surface area contributed by atoms with E-state index in [1.807, 2.05) is 24.3 Å². The Morgan fingerprint density at radius 1 is 1.38 bits per heavy atom. The van der Waals surface area contributed by atoms with Gasteiger partial charge in [-0.2, -0.15) is 0 Å². The van der Waals surface area contributed by atoms with Gasteiger partial charge < -0.3 is 19.8 Å². The first-order chi connectivity index (χ1) is 10.2. The summed E-state index contributed by atoms with van der Waals surface area (Å²) < 4.78 is 10.9. The molecular formula is C15H17N3O3. The molecule has 0 aliphatic carbocycles. The number of amides is 1. The van der Waals surface area contributed by atoms with Gasteiger partial charge in [0, 0.05) is 31.3 Å². The van der Waals surface area contributed by atoms with E-state index >= 15 is 0 Å². The van der Waals surface area contributed by atoms with Gasteiger partial charge in [-0.1, -0.05) is 0 Å². The molecule has 21 heavy (non-hydrogen) atoms. The molecule has 6 nitrogen and oxygen atoms in total. The molecule has 0 spiro atoms. The average molecular weight is 287 g/mol. The highest BCUT2D eigenvalue weighted by atomic mass is 16.5. The first-order valence-corrected chi connectivity index (χ1v) is 6.88. The van der Waals surface area contributed by atoms with Crippen LogP contribution in [0.1, 0.15) is 5.89 Å². The maximum absolute atomic E-state index is 12.0. The quantitative estimate of drug-likeness (QED) is 0.896. The number of hydrogen-bond acceptors (Lipinski definition) is 5. The van der Waals surface area contributed by atoms with Crippen molar-refractivity contribution in [2.45, 2.75) is 13.0 Å². The predicted octanol–water partition coefficient (Wildman–Crippen LogP) is 1.58. The lowest BCUT2D eigenvalue weighted by molar-refractivity contribution is -0.128. The Morgan fingerprint density at radius 2 is 2.19 bits per heavy atom. The van der Waals surface area contributed by atoms with Gasteiger partial charge in [0.15, 0.2) is 11.7 Å². The third-order valence-corrected chi connectivity index (χ3v) is 3.28. The van der Waals surface area contributed by atoms with E-state index in [0.29, 0.717) is 24.8 Å². The molecule has 2 aromatic rings. The highest BCUT2D eigenvalue weighted by Crippen LogP contribution is 2.22. The van der Waals surface area contributed by atoms with Crippen LogP contribution in [0.5, 0.6) is 0 Å². The van der Waals surface area contributed by atoms with Crippen LogP contribution in [0.15, 0.2) is 34.9 Å². The van der Waals surface area contributed by atoms with Crippen molar-refractivity contribution in [2.75, 3.05) is 25.0 Å². The molecule has 2 N–H and O–H groups in total. The predicted molar refractivity (Wildman–Crippen MR) is 77.9 cm³/mol. The van der Waals surface area contributed by atoms with E-state index < -0.39 is 6.10 Å². The van der Waals surface area contributed by atoms with Crippen molar-refractivity contribution < 1.29 is 13.9 Å². The molecule has 1 amide bonds. The van der Waals surface area contributed by atoms with Gasteiger partial charge in [-0.25, -0.2) is 4.98 Å².